The third-order valence-electron chi connectivity index (χ3n) is 4.20. The van der Waals surface area contributed by atoms with Gasteiger partial charge in [0, 0.05) is 12.2 Å². The summed E-state index contributed by atoms with van der Waals surface area (Å²) in [6.07, 6.45) is 3.92. The number of rotatable bonds is 3. The Labute approximate surface area is 128 Å². The second kappa shape index (κ2) is 6.20. The molecule has 2 N–H and O–H groups in total. The van der Waals surface area contributed by atoms with Gasteiger partial charge in [-0.25, -0.2) is 9.78 Å². The van der Waals surface area contributed by atoms with Crippen LogP contribution in [0.15, 0.2) is 18.3 Å². The SMILES string of the molecule is N#Cc1cccnc1OC1CCC(N2C(=O)NCC2O)CC1. The summed E-state index contributed by atoms with van der Waals surface area (Å²) in [6, 6.07) is 5.29. The third kappa shape index (κ3) is 2.83. The molecule has 0 bridgehead atoms. The monoisotopic (exact) mass is 302 g/mol. The summed E-state index contributed by atoms with van der Waals surface area (Å²) in [5, 5.41) is 21.5. The molecule has 1 saturated carbocycles. The van der Waals surface area contributed by atoms with Crippen LogP contribution in [0.3, 0.4) is 0 Å². The average molecular weight is 302 g/mol. The van der Waals surface area contributed by atoms with Gasteiger partial charge in [0.05, 0.1) is 6.54 Å². The molecule has 3 rings (SSSR count). The number of carbonyl (C=O) groups is 1. The van der Waals surface area contributed by atoms with Crippen molar-refractivity contribution in [1.29, 1.82) is 5.26 Å². The maximum Gasteiger partial charge on any atom is 0.319 e. The fraction of sp³-hybridized carbons (Fsp3) is 0.533. The minimum atomic E-state index is -0.740. The van der Waals surface area contributed by atoms with E-state index in [4.69, 9.17) is 10.00 Å². The van der Waals surface area contributed by atoms with Crippen LogP contribution in [-0.2, 0) is 0 Å². The molecule has 0 radical (unpaired) electrons. The Morgan fingerprint density at radius 1 is 1.41 bits per heavy atom. The minimum Gasteiger partial charge on any atom is -0.473 e. The Morgan fingerprint density at radius 3 is 2.82 bits per heavy atom. The molecule has 7 nitrogen and oxygen atoms in total. The maximum atomic E-state index is 11.7. The summed E-state index contributed by atoms with van der Waals surface area (Å²) in [6.45, 7) is 0.286. The number of carbonyl (C=O) groups excluding carboxylic acids is 1. The molecule has 2 heterocycles. The number of pyridine rings is 1. The van der Waals surface area contributed by atoms with E-state index < -0.39 is 6.23 Å². The second-order valence-corrected chi connectivity index (χ2v) is 5.59. The van der Waals surface area contributed by atoms with Crippen molar-refractivity contribution in [1.82, 2.24) is 15.2 Å². The standard InChI is InChI=1S/C15H18N4O3/c16-8-10-2-1-7-17-14(10)22-12-5-3-11(4-6-12)19-13(20)9-18-15(19)21/h1-2,7,11-13,20H,3-6,9H2,(H,18,21). The fourth-order valence-corrected chi connectivity index (χ4v) is 3.08. The molecule has 2 amide bonds. The predicted molar refractivity (Wildman–Crippen MR) is 76.9 cm³/mol. The van der Waals surface area contributed by atoms with Crippen molar-refractivity contribution in [3.8, 4) is 11.9 Å². The summed E-state index contributed by atoms with van der Waals surface area (Å²) in [4.78, 5) is 17.3. The molecule has 1 atom stereocenters. The molecule has 2 fully saturated rings. The van der Waals surface area contributed by atoms with Crippen molar-refractivity contribution in [2.75, 3.05) is 6.54 Å². The smallest absolute Gasteiger partial charge is 0.319 e. The molecule has 1 aromatic rings. The Morgan fingerprint density at radius 2 is 2.18 bits per heavy atom. The lowest BCUT2D eigenvalue weighted by Gasteiger charge is -2.35. The first-order valence-electron chi connectivity index (χ1n) is 7.45. The number of aliphatic hydroxyl groups is 1. The predicted octanol–water partition coefficient (Wildman–Crippen LogP) is 0.987. The van der Waals surface area contributed by atoms with E-state index in [9.17, 15) is 9.90 Å². The molecule has 116 valence electrons. The molecule has 1 aromatic heterocycles. The van der Waals surface area contributed by atoms with Gasteiger partial charge in [-0.15, -0.1) is 0 Å². The summed E-state index contributed by atoms with van der Waals surface area (Å²) in [5.74, 6) is 0.368. The molecule has 1 unspecified atom stereocenters. The van der Waals surface area contributed by atoms with Gasteiger partial charge in [0.1, 0.15) is 24.0 Å². The molecule has 1 saturated heterocycles. The van der Waals surface area contributed by atoms with E-state index in [0.717, 1.165) is 25.7 Å². The number of nitriles is 1. The van der Waals surface area contributed by atoms with Crippen LogP contribution < -0.4 is 10.1 Å². The number of amides is 2. The molecule has 0 aromatic carbocycles. The van der Waals surface area contributed by atoms with Gasteiger partial charge in [0.15, 0.2) is 0 Å². The summed E-state index contributed by atoms with van der Waals surface area (Å²) >= 11 is 0. The largest absolute Gasteiger partial charge is 0.473 e. The van der Waals surface area contributed by atoms with Crippen LogP contribution in [0.1, 0.15) is 31.2 Å². The van der Waals surface area contributed by atoms with Gasteiger partial charge in [-0.3, -0.25) is 4.90 Å². The number of aliphatic hydroxyl groups excluding tert-OH is 1. The quantitative estimate of drug-likeness (QED) is 0.867. The lowest BCUT2D eigenvalue weighted by Crippen LogP contribution is -2.45. The van der Waals surface area contributed by atoms with Gasteiger partial charge < -0.3 is 15.2 Å². The van der Waals surface area contributed by atoms with Gasteiger partial charge >= 0.3 is 6.03 Å². The van der Waals surface area contributed by atoms with Crippen LogP contribution in [0, 0.1) is 11.3 Å². The van der Waals surface area contributed by atoms with Gasteiger partial charge in [0.2, 0.25) is 5.88 Å². The van der Waals surface area contributed by atoms with Crippen molar-refractivity contribution in [2.45, 2.75) is 44.1 Å². The Balaban J connectivity index is 1.58. The van der Waals surface area contributed by atoms with Crippen molar-refractivity contribution in [2.24, 2.45) is 0 Å². The molecule has 0 spiro atoms. The lowest BCUT2D eigenvalue weighted by atomic mass is 9.92. The Bertz CT molecular complexity index is 593. The number of nitrogens with zero attached hydrogens (tertiary/aromatic N) is 3. The maximum absolute atomic E-state index is 11.7. The van der Waals surface area contributed by atoms with Crippen LogP contribution in [0.4, 0.5) is 4.79 Å². The van der Waals surface area contributed by atoms with E-state index in [1.54, 1.807) is 18.3 Å². The van der Waals surface area contributed by atoms with Crippen molar-refractivity contribution >= 4 is 6.03 Å². The highest BCUT2D eigenvalue weighted by Crippen LogP contribution is 2.28. The van der Waals surface area contributed by atoms with Crippen LogP contribution in [0.2, 0.25) is 0 Å². The minimum absolute atomic E-state index is 0.0129. The topological polar surface area (TPSA) is 98.5 Å². The lowest BCUT2D eigenvalue weighted by molar-refractivity contribution is 0.0138. The number of hydrogen-bond acceptors (Lipinski definition) is 5. The van der Waals surface area contributed by atoms with Crippen LogP contribution in [0.25, 0.3) is 0 Å². The number of hydrogen-bond donors (Lipinski definition) is 2. The zero-order valence-electron chi connectivity index (χ0n) is 12.1. The molecular weight excluding hydrogens is 284 g/mol. The van der Waals surface area contributed by atoms with E-state index in [1.807, 2.05) is 0 Å². The van der Waals surface area contributed by atoms with Gasteiger partial charge in [-0.05, 0) is 37.8 Å². The highest BCUT2D eigenvalue weighted by atomic mass is 16.5. The van der Waals surface area contributed by atoms with Crippen molar-refractivity contribution in [3.63, 3.8) is 0 Å². The molecule has 1 aliphatic carbocycles. The number of ether oxygens (including phenoxy) is 1. The first kappa shape index (κ1) is 14.6. The fourth-order valence-electron chi connectivity index (χ4n) is 3.08. The number of β-amino-alcohol motifs (C(OH)–C–C–N with tert-alkyl or cyclic N) is 1. The highest BCUT2D eigenvalue weighted by molar-refractivity contribution is 5.76. The molecule has 2 aliphatic rings. The molecule has 7 heteroatoms. The zero-order valence-corrected chi connectivity index (χ0v) is 12.1. The van der Waals surface area contributed by atoms with E-state index in [2.05, 4.69) is 16.4 Å². The summed E-state index contributed by atoms with van der Waals surface area (Å²) in [7, 11) is 0. The second-order valence-electron chi connectivity index (χ2n) is 5.59. The van der Waals surface area contributed by atoms with Crippen molar-refractivity contribution < 1.29 is 14.6 Å². The third-order valence-corrected chi connectivity index (χ3v) is 4.20. The van der Waals surface area contributed by atoms with Gasteiger partial charge in [-0.2, -0.15) is 5.26 Å². The molecule has 1 aliphatic heterocycles. The van der Waals surface area contributed by atoms with Crippen LogP contribution in [-0.4, -0.2) is 45.9 Å². The van der Waals surface area contributed by atoms with E-state index >= 15 is 0 Å². The first-order valence-corrected chi connectivity index (χ1v) is 7.45. The molecule has 22 heavy (non-hydrogen) atoms. The number of nitrogens with one attached hydrogen (secondary N) is 1. The van der Waals surface area contributed by atoms with E-state index in [0.29, 0.717) is 11.4 Å². The summed E-state index contributed by atoms with van der Waals surface area (Å²) in [5.41, 5.74) is 0.430. The Hall–Kier alpha value is -2.33. The van der Waals surface area contributed by atoms with Crippen molar-refractivity contribution in [3.05, 3.63) is 23.9 Å². The normalized spacial score (nSPS) is 28.1. The van der Waals surface area contributed by atoms with Crippen LogP contribution in [0.5, 0.6) is 5.88 Å². The zero-order chi connectivity index (χ0) is 15.5. The van der Waals surface area contributed by atoms with Gasteiger partial charge in [0.25, 0.3) is 0 Å². The Kier molecular flexibility index (Phi) is 4.11. The number of urea groups is 1. The first-order chi connectivity index (χ1) is 10.7. The highest BCUT2D eigenvalue weighted by Gasteiger charge is 2.37. The average Bonchev–Trinajstić information content (AvgIpc) is 2.88. The van der Waals surface area contributed by atoms with Gasteiger partial charge in [-0.1, -0.05) is 0 Å². The van der Waals surface area contributed by atoms with E-state index in [1.165, 1.54) is 4.90 Å². The van der Waals surface area contributed by atoms with E-state index in [-0.39, 0.29) is 24.7 Å². The number of aromatic nitrogens is 1. The van der Waals surface area contributed by atoms with Crippen LogP contribution >= 0.6 is 0 Å². The summed E-state index contributed by atoms with van der Waals surface area (Å²) < 4.78 is 5.83. The molecular formula is C15H18N4O3.